The van der Waals surface area contributed by atoms with Gasteiger partial charge in [-0.2, -0.15) is 57.1 Å². The maximum Gasteiger partial charge on any atom is 0.422 e. The van der Waals surface area contributed by atoms with Gasteiger partial charge >= 0.3 is 36.5 Å². The fourth-order valence-corrected chi connectivity index (χ4v) is 1.74. The van der Waals surface area contributed by atoms with E-state index in [0.29, 0.717) is 0 Å². The van der Waals surface area contributed by atoms with Crippen LogP contribution in [0.2, 0.25) is 0 Å². The second kappa shape index (κ2) is 5.34. The van der Waals surface area contributed by atoms with Crippen LogP contribution in [0.1, 0.15) is 0 Å². The maximum atomic E-state index is 13.4. The van der Waals surface area contributed by atoms with Crippen molar-refractivity contribution in [3.63, 3.8) is 0 Å². The lowest BCUT2D eigenvalue weighted by molar-refractivity contribution is -0.489. The van der Waals surface area contributed by atoms with Gasteiger partial charge in [0.15, 0.2) is 0 Å². The maximum absolute atomic E-state index is 13.4. The van der Waals surface area contributed by atoms with Crippen LogP contribution in [0.15, 0.2) is 0 Å². The summed E-state index contributed by atoms with van der Waals surface area (Å²) < 4.78 is 168. The van der Waals surface area contributed by atoms with Crippen molar-refractivity contribution in [2.24, 2.45) is 0 Å². The molecule has 0 spiro atoms. The summed E-state index contributed by atoms with van der Waals surface area (Å²) in [5, 5.41) is 0. The molecule has 0 amide bonds. The molecule has 0 saturated carbocycles. The summed E-state index contributed by atoms with van der Waals surface area (Å²) >= 11 is 0. The van der Waals surface area contributed by atoms with Gasteiger partial charge < -0.3 is 4.74 Å². The molecular weight excluding hydrogens is 389 g/mol. The number of halogens is 13. The summed E-state index contributed by atoms with van der Waals surface area (Å²) in [6, 6.07) is -24.3. The molecule has 3 nitrogen and oxygen atoms in total. The zero-order valence-corrected chi connectivity index (χ0v) is 10.3. The van der Waals surface area contributed by atoms with E-state index in [1.54, 1.807) is 0 Å². The Morgan fingerprint density at radius 2 is 1.08 bits per heavy atom. The Labute approximate surface area is 121 Å². The quantitative estimate of drug-likeness (QED) is 0.411. The highest BCUT2D eigenvalue weighted by atomic mass is 19.4. The topological polar surface area (TPSA) is 29.5 Å². The molecule has 0 aromatic heterocycles. The highest BCUT2D eigenvalue weighted by molar-refractivity contribution is 5.75. The highest BCUT2D eigenvalue weighted by Gasteiger charge is 2.82. The lowest BCUT2D eigenvalue weighted by Gasteiger charge is -2.49. The molecule has 0 bridgehead atoms. The van der Waals surface area contributed by atoms with Crippen LogP contribution in [0.25, 0.3) is 0 Å². The second-order valence-corrected chi connectivity index (χ2v) is 4.31. The molecule has 0 aromatic carbocycles. The number of carbonyl (C=O) groups is 1. The summed E-state index contributed by atoms with van der Waals surface area (Å²) in [5.41, 5.74) is 0. The minimum absolute atomic E-state index is 2.59. The van der Waals surface area contributed by atoms with E-state index in [-0.39, 0.29) is 0 Å². The Morgan fingerprint density at radius 3 is 1.29 bits per heavy atom. The van der Waals surface area contributed by atoms with Gasteiger partial charge in [0.2, 0.25) is 12.2 Å². The van der Waals surface area contributed by atoms with Crippen LogP contribution in [-0.2, 0) is 9.53 Å². The van der Waals surface area contributed by atoms with Crippen molar-refractivity contribution < 1.29 is 66.6 Å². The zero-order chi connectivity index (χ0) is 19.5. The third-order valence-corrected chi connectivity index (χ3v) is 2.61. The number of rotatable bonds is 2. The average Bonchev–Trinajstić information content (AvgIpc) is 2.21. The van der Waals surface area contributed by atoms with Crippen molar-refractivity contribution in [2.75, 3.05) is 0 Å². The van der Waals surface area contributed by atoms with E-state index in [1.165, 1.54) is 0 Å². The van der Waals surface area contributed by atoms with Gasteiger partial charge in [-0.1, -0.05) is 0 Å². The largest absolute Gasteiger partial charge is 0.422 e. The predicted molar refractivity (Wildman–Crippen MR) is 43.6 cm³/mol. The number of nitrogens with zero attached hydrogens (tertiary/aromatic N) is 1. The van der Waals surface area contributed by atoms with Gasteiger partial charge in [-0.05, 0) is 0 Å². The van der Waals surface area contributed by atoms with E-state index in [1.807, 2.05) is 0 Å². The Morgan fingerprint density at radius 1 is 0.792 bits per heavy atom. The van der Waals surface area contributed by atoms with Crippen LogP contribution in [0.3, 0.4) is 0 Å². The van der Waals surface area contributed by atoms with Gasteiger partial charge in [-0.15, -0.1) is 4.90 Å². The lowest BCUT2D eigenvalue weighted by Crippen LogP contribution is -2.78. The second-order valence-electron chi connectivity index (χ2n) is 4.31. The van der Waals surface area contributed by atoms with Gasteiger partial charge in [0, 0.05) is 0 Å². The van der Waals surface area contributed by atoms with Gasteiger partial charge in [-0.3, -0.25) is 4.79 Å². The van der Waals surface area contributed by atoms with Crippen molar-refractivity contribution in [1.29, 1.82) is 0 Å². The van der Waals surface area contributed by atoms with Crippen LogP contribution in [0, 0.1) is 0 Å². The van der Waals surface area contributed by atoms with Crippen molar-refractivity contribution in [3.8, 4) is 0 Å². The lowest BCUT2D eigenvalue weighted by atomic mass is 10.1. The van der Waals surface area contributed by atoms with E-state index < -0.39 is 53.6 Å². The molecule has 1 aliphatic rings. The van der Waals surface area contributed by atoms with Crippen LogP contribution < -0.4 is 0 Å². The Hall–Kier alpha value is -1.32. The van der Waals surface area contributed by atoms with E-state index in [2.05, 4.69) is 4.74 Å². The van der Waals surface area contributed by atoms with Crippen LogP contribution in [0.4, 0.5) is 57.1 Å². The van der Waals surface area contributed by atoms with Crippen LogP contribution in [0.5, 0.6) is 0 Å². The van der Waals surface area contributed by atoms with Crippen molar-refractivity contribution in [2.45, 2.75) is 42.7 Å². The fraction of sp³-hybridized carbons (Fsp3) is 0.875. The molecule has 1 saturated heterocycles. The van der Waals surface area contributed by atoms with E-state index in [9.17, 15) is 61.9 Å². The molecular formula is C8H2F13NO2. The number of morpholine rings is 1. The number of hydrogen-bond donors (Lipinski definition) is 0. The summed E-state index contributed by atoms with van der Waals surface area (Å²) in [6.07, 6.45) is -23.4. The normalized spacial score (nSPS) is 28.7. The molecule has 1 rings (SSSR count). The Kier molecular flexibility index (Phi) is 4.61. The molecule has 142 valence electrons. The van der Waals surface area contributed by atoms with Crippen molar-refractivity contribution >= 4 is 6.04 Å². The summed E-state index contributed by atoms with van der Waals surface area (Å²) in [7, 11) is 0. The summed E-state index contributed by atoms with van der Waals surface area (Å²) in [4.78, 5) is 6.54. The van der Waals surface area contributed by atoms with Crippen molar-refractivity contribution in [1.82, 2.24) is 4.90 Å². The zero-order valence-electron chi connectivity index (χ0n) is 10.3. The summed E-state index contributed by atoms with van der Waals surface area (Å²) in [5.74, 6) is 0. The molecule has 0 aliphatic carbocycles. The van der Waals surface area contributed by atoms with Crippen molar-refractivity contribution in [3.05, 3.63) is 0 Å². The first kappa shape index (κ1) is 20.7. The number of hydrogen-bond acceptors (Lipinski definition) is 3. The van der Waals surface area contributed by atoms with E-state index in [0.717, 1.165) is 0 Å². The van der Waals surface area contributed by atoms with Gasteiger partial charge in [0.05, 0.1) is 0 Å². The van der Waals surface area contributed by atoms with E-state index in [4.69, 9.17) is 0 Å². The molecule has 16 heteroatoms. The average molecular weight is 391 g/mol. The smallest absolute Gasteiger partial charge is 0.342 e. The number of ether oxygens (including phenoxy) is 1. The third kappa shape index (κ3) is 3.12. The molecule has 1 aliphatic heterocycles. The molecule has 1 fully saturated rings. The molecule has 0 radical (unpaired) electrons. The summed E-state index contributed by atoms with van der Waals surface area (Å²) in [6.45, 7) is 0. The Bertz CT molecular complexity index is 477. The SMILES string of the molecule is O=C(F)C(F)(F)N1C(F)(F)C(C(F)(F)F)OC(C(F)(F)F)C1(F)F. The molecule has 24 heavy (non-hydrogen) atoms. The monoisotopic (exact) mass is 391 g/mol. The third-order valence-electron chi connectivity index (χ3n) is 2.61. The van der Waals surface area contributed by atoms with Gasteiger partial charge in [0.25, 0.3) is 0 Å². The minimum atomic E-state index is -6.72. The molecule has 0 N–H and O–H groups in total. The molecule has 2 atom stereocenters. The first-order chi connectivity index (χ1) is 10.3. The first-order valence-corrected chi connectivity index (χ1v) is 5.21. The standard InChI is InChI=1S/C8H2F13NO2/c9-3(23)8(20,21)22-6(16,17)1(4(10,11)12)24-2(5(13,14)15)7(22,18)19/h1-2H. The number of alkyl halides is 12. The molecule has 2 unspecified atom stereocenters. The first-order valence-electron chi connectivity index (χ1n) is 5.21. The Balaban J connectivity index is 3.68. The van der Waals surface area contributed by atoms with Crippen LogP contribution in [-0.4, -0.2) is 53.6 Å². The predicted octanol–water partition coefficient (Wildman–Crippen LogP) is 3.45. The molecule has 1 heterocycles. The van der Waals surface area contributed by atoms with Gasteiger partial charge in [-0.25, -0.2) is 0 Å². The highest BCUT2D eigenvalue weighted by Crippen LogP contribution is 2.55. The van der Waals surface area contributed by atoms with Gasteiger partial charge in [0.1, 0.15) is 0 Å². The van der Waals surface area contributed by atoms with Crippen LogP contribution >= 0.6 is 0 Å². The van der Waals surface area contributed by atoms with E-state index >= 15 is 0 Å². The number of carbonyl (C=O) groups excluding carboxylic acids is 1. The fourth-order valence-electron chi connectivity index (χ4n) is 1.74. The minimum Gasteiger partial charge on any atom is -0.342 e. The molecule has 0 aromatic rings.